The van der Waals surface area contributed by atoms with Crippen molar-refractivity contribution >= 4 is 6.03 Å². The van der Waals surface area contributed by atoms with E-state index in [0.717, 1.165) is 45.3 Å². The maximum absolute atomic E-state index is 12.0. The van der Waals surface area contributed by atoms with Gasteiger partial charge in [-0.3, -0.25) is 0 Å². The van der Waals surface area contributed by atoms with Crippen LogP contribution in [0.25, 0.3) is 0 Å². The lowest BCUT2D eigenvalue weighted by atomic mass is 10.2. The highest BCUT2D eigenvalue weighted by Crippen LogP contribution is 2.20. The van der Waals surface area contributed by atoms with Crippen molar-refractivity contribution in [2.75, 3.05) is 26.2 Å². The Labute approximate surface area is 85.0 Å². The van der Waals surface area contributed by atoms with Crippen molar-refractivity contribution in [3.05, 3.63) is 0 Å². The third-order valence-electron chi connectivity index (χ3n) is 3.27. The molecule has 0 aromatic heterocycles. The molecule has 2 aliphatic rings. The average molecular weight is 197 g/mol. The van der Waals surface area contributed by atoms with E-state index in [0.29, 0.717) is 12.6 Å². The number of rotatable bonds is 1. The van der Waals surface area contributed by atoms with E-state index in [1.165, 1.54) is 0 Å². The molecule has 2 aliphatic heterocycles. The third kappa shape index (κ3) is 1.71. The predicted octanol–water partition coefficient (Wildman–Crippen LogP) is 0.625. The average Bonchev–Trinajstić information content (AvgIpc) is 2.87. The summed E-state index contributed by atoms with van der Waals surface area (Å²) in [7, 11) is 0. The van der Waals surface area contributed by atoms with E-state index in [4.69, 9.17) is 5.73 Å². The van der Waals surface area contributed by atoms with Crippen LogP contribution in [0.5, 0.6) is 0 Å². The lowest BCUT2D eigenvalue weighted by Gasteiger charge is -2.28. The Morgan fingerprint density at radius 2 is 1.93 bits per heavy atom. The molecule has 0 radical (unpaired) electrons. The lowest BCUT2D eigenvalue weighted by Crippen LogP contribution is -2.46. The Morgan fingerprint density at radius 3 is 2.57 bits per heavy atom. The van der Waals surface area contributed by atoms with Gasteiger partial charge in [-0.1, -0.05) is 0 Å². The zero-order chi connectivity index (χ0) is 9.97. The van der Waals surface area contributed by atoms with Gasteiger partial charge in [-0.2, -0.15) is 0 Å². The second-order valence-electron chi connectivity index (χ2n) is 4.20. The van der Waals surface area contributed by atoms with Crippen LogP contribution in [0.15, 0.2) is 0 Å². The molecular formula is C10H19N3O. The first kappa shape index (κ1) is 9.77. The van der Waals surface area contributed by atoms with Crippen molar-refractivity contribution in [3.8, 4) is 0 Å². The van der Waals surface area contributed by atoms with Crippen LogP contribution in [0.3, 0.4) is 0 Å². The van der Waals surface area contributed by atoms with Crippen LogP contribution in [-0.4, -0.2) is 48.1 Å². The molecule has 4 heteroatoms. The molecule has 2 N–H and O–H groups in total. The first-order chi connectivity index (χ1) is 6.83. The van der Waals surface area contributed by atoms with Gasteiger partial charge in [-0.15, -0.1) is 0 Å². The normalized spacial score (nSPS) is 27.4. The maximum atomic E-state index is 12.0. The lowest BCUT2D eigenvalue weighted by molar-refractivity contribution is 0.158. The van der Waals surface area contributed by atoms with E-state index in [1.54, 1.807) is 0 Å². The molecule has 2 saturated heterocycles. The SMILES string of the molecule is NC[C@H]1CCCN1C(=O)N1CCCC1. The molecule has 0 unspecified atom stereocenters. The molecule has 4 nitrogen and oxygen atoms in total. The van der Waals surface area contributed by atoms with Crippen molar-refractivity contribution in [3.63, 3.8) is 0 Å². The van der Waals surface area contributed by atoms with Gasteiger partial charge in [0, 0.05) is 32.2 Å². The topological polar surface area (TPSA) is 49.6 Å². The highest BCUT2D eigenvalue weighted by atomic mass is 16.2. The smallest absolute Gasteiger partial charge is 0.320 e. The molecule has 1 atom stereocenters. The molecule has 2 rings (SSSR count). The fourth-order valence-electron chi connectivity index (χ4n) is 2.42. The summed E-state index contributed by atoms with van der Waals surface area (Å²) in [5.74, 6) is 0. The second kappa shape index (κ2) is 4.17. The van der Waals surface area contributed by atoms with Gasteiger partial charge in [0.15, 0.2) is 0 Å². The first-order valence-electron chi connectivity index (χ1n) is 5.58. The van der Waals surface area contributed by atoms with Crippen molar-refractivity contribution < 1.29 is 4.79 Å². The van der Waals surface area contributed by atoms with Gasteiger partial charge >= 0.3 is 6.03 Å². The summed E-state index contributed by atoms with van der Waals surface area (Å²) in [5.41, 5.74) is 5.65. The minimum absolute atomic E-state index is 0.218. The fourth-order valence-corrected chi connectivity index (χ4v) is 2.42. The Balaban J connectivity index is 1.95. The molecule has 0 bridgehead atoms. The molecule has 2 amide bonds. The monoisotopic (exact) mass is 197 g/mol. The van der Waals surface area contributed by atoms with E-state index in [9.17, 15) is 4.79 Å². The number of likely N-dealkylation sites (tertiary alicyclic amines) is 2. The van der Waals surface area contributed by atoms with Crippen molar-refractivity contribution in [2.24, 2.45) is 5.73 Å². The zero-order valence-electron chi connectivity index (χ0n) is 8.61. The highest BCUT2D eigenvalue weighted by Gasteiger charge is 2.31. The van der Waals surface area contributed by atoms with Crippen LogP contribution in [0.1, 0.15) is 25.7 Å². The van der Waals surface area contributed by atoms with Crippen LogP contribution in [-0.2, 0) is 0 Å². The minimum atomic E-state index is 0.218. The number of nitrogens with zero attached hydrogens (tertiary/aromatic N) is 2. The molecule has 0 aliphatic carbocycles. The van der Waals surface area contributed by atoms with Crippen LogP contribution >= 0.6 is 0 Å². The minimum Gasteiger partial charge on any atom is -0.328 e. The molecule has 2 heterocycles. The third-order valence-corrected chi connectivity index (χ3v) is 3.27. The van der Waals surface area contributed by atoms with E-state index in [2.05, 4.69) is 0 Å². The van der Waals surface area contributed by atoms with Gasteiger partial charge < -0.3 is 15.5 Å². The summed E-state index contributed by atoms with van der Waals surface area (Å²) >= 11 is 0. The zero-order valence-corrected chi connectivity index (χ0v) is 8.61. The highest BCUT2D eigenvalue weighted by molar-refractivity contribution is 5.75. The number of nitrogens with two attached hydrogens (primary N) is 1. The Hall–Kier alpha value is -0.770. The molecule has 0 aromatic carbocycles. The Morgan fingerprint density at radius 1 is 1.21 bits per heavy atom. The summed E-state index contributed by atoms with van der Waals surface area (Å²) in [4.78, 5) is 15.9. The van der Waals surface area contributed by atoms with Crippen LogP contribution < -0.4 is 5.73 Å². The summed E-state index contributed by atoms with van der Waals surface area (Å²) in [6, 6.07) is 0.513. The molecular weight excluding hydrogens is 178 g/mol. The number of carbonyl (C=O) groups is 1. The summed E-state index contributed by atoms with van der Waals surface area (Å²) in [5, 5.41) is 0. The van der Waals surface area contributed by atoms with Crippen LogP contribution in [0.4, 0.5) is 4.79 Å². The van der Waals surface area contributed by atoms with Crippen molar-refractivity contribution in [1.29, 1.82) is 0 Å². The summed E-state index contributed by atoms with van der Waals surface area (Å²) < 4.78 is 0. The summed E-state index contributed by atoms with van der Waals surface area (Å²) in [6.07, 6.45) is 4.51. The first-order valence-corrected chi connectivity index (χ1v) is 5.58. The van der Waals surface area contributed by atoms with Gasteiger partial charge in [0.05, 0.1) is 0 Å². The second-order valence-corrected chi connectivity index (χ2v) is 4.20. The number of hydrogen-bond acceptors (Lipinski definition) is 2. The predicted molar refractivity (Wildman–Crippen MR) is 55.0 cm³/mol. The molecule has 2 fully saturated rings. The number of urea groups is 1. The van der Waals surface area contributed by atoms with Gasteiger partial charge in [0.2, 0.25) is 0 Å². The van der Waals surface area contributed by atoms with E-state index >= 15 is 0 Å². The Kier molecular flexibility index (Phi) is 2.91. The maximum Gasteiger partial charge on any atom is 0.320 e. The van der Waals surface area contributed by atoms with Crippen LogP contribution in [0, 0.1) is 0 Å². The number of hydrogen-bond donors (Lipinski definition) is 1. The van der Waals surface area contributed by atoms with Gasteiger partial charge in [0.25, 0.3) is 0 Å². The van der Waals surface area contributed by atoms with Gasteiger partial charge in [0.1, 0.15) is 0 Å². The van der Waals surface area contributed by atoms with E-state index in [1.807, 2.05) is 9.80 Å². The fraction of sp³-hybridized carbons (Fsp3) is 0.900. The van der Waals surface area contributed by atoms with Crippen molar-refractivity contribution in [1.82, 2.24) is 9.80 Å². The molecule has 0 aromatic rings. The van der Waals surface area contributed by atoms with Gasteiger partial charge in [-0.25, -0.2) is 4.79 Å². The van der Waals surface area contributed by atoms with Gasteiger partial charge in [-0.05, 0) is 25.7 Å². The number of amides is 2. The Bertz CT molecular complexity index is 213. The van der Waals surface area contributed by atoms with Crippen molar-refractivity contribution in [2.45, 2.75) is 31.7 Å². The van der Waals surface area contributed by atoms with E-state index < -0.39 is 0 Å². The standard InChI is InChI=1S/C10H19N3O/c11-8-9-4-3-7-13(9)10(14)12-5-1-2-6-12/h9H,1-8,11H2/t9-/m1/s1. The van der Waals surface area contributed by atoms with E-state index in [-0.39, 0.29) is 6.03 Å². The quantitative estimate of drug-likeness (QED) is 0.670. The largest absolute Gasteiger partial charge is 0.328 e. The molecule has 14 heavy (non-hydrogen) atoms. The number of carbonyl (C=O) groups excluding carboxylic acids is 1. The van der Waals surface area contributed by atoms with Crippen LogP contribution in [0.2, 0.25) is 0 Å². The molecule has 0 spiro atoms. The molecule has 80 valence electrons. The summed E-state index contributed by atoms with van der Waals surface area (Å²) in [6.45, 7) is 3.38. The molecule has 0 saturated carbocycles.